The molecular weight excluding hydrogens is 398 g/mol. The molecule has 6 heteroatoms. The van der Waals surface area contributed by atoms with Crippen molar-refractivity contribution in [3.8, 4) is 0 Å². The van der Waals surface area contributed by atoms with Gasteiger partial charge in [-0.25, -0.2) is 4.99 Å². The van der Waals surface area contributed by atoms with E-state index in [4.69, 9.17) is 4.99 Å². The third-order valence-corrected chi connectivity index (χ3v) is 5.95. The number of nitrogens with one attached hydrogen (secondary N) is 2. The van der Waals surface area contributed by atoms with Crippen molar-refractivity contribution in [1.29, 1.82) is 0 Å². The van der Waals surface area contributed by atoms with E-state index in [1.807, 2.05) is 24.3 Å². The SMILES string of the molecule is CCNC(=NCc1ccc(C(=O)N(C)C)cc1)NC1CCN(Cc2ccccc2)C(C)C1. The molecule has 1 amide bonds. The van der Waals surface area contributed by atoms with E-state index in [1.54, 1.807) is 19.0 Å². The molecule has 6 nitrogen and oxygen atoms in total. The molecule has 0 spiro atoms. The topological polar surface area (TPSA) is 60.0 Å². The van der Waals surface area contributed by atoms with Gasteiger partial charge >= 0.3 is 0 Å². The first-order chi connectivity index (χ1) is 15.5. The summed E-state index contributed by atoms with van der Waals surface area (Å²) in [5.41, 5.74) is 3.16. The number of nitrogens with zero attached hydrogens (tertiary/aromatic N) is 3. The lowest BCUT2D eigenvalue weighted by molar-refractivity contribution is 0.0827. The predicted molar refractivity (Wildman–Crippen MR) is 132 cm³/mol. The summed E-state index contributed by atoms with van der Waals surface area (Å²) in [6.45, 7) is 7.89. The van der Waals surface area contributed by atoms with Crippen LogP contribution in [0.4, 0.5) is 0 Å². The summed E-state index contributed by atoms with van der Waals surface area (Å²) >= 11 is 0. The number of piperidine rings is 1. The minimum Gasteiger partial charge on any atom is -0.357 e. The smallest absolute Gasteiger partial charge is 0.253 e. The summed E-state index contributed by atoms with van der Waals surface area (Å²) in [6, 6.07) is 19.3. The second kappa shape index (κ2) is 11.7. The molecule has 1 heterocycles. The lowest BCUT2D eigenvalue weighted by Crippen LogP contribution is -2.51. The Morgan fingerprint density at radius 3 is 2.44 bits per heavy atom. The van der Waals surface area contributed by atoms with Crippen LogP contribution in [0.1, 0.15) is 48.2 Å². The van der Waals surface area contributed by atoms with Gasteiger partial charge in [0.1, 0.15) is 0 Å². The van der Waals surface area contributed by atoms with Crippen LogP contribution in [-0.4, -0.2) is 60.9 Å². The maximum Gasteiger partial charge on any atom is 0.253 e. The highest BCUT2D eigenvalue weighted by Gasteiger charge is 2.26. The minimum absolute atomic E-state index is 0.0165. The number of likely N-dealkylation sites (tertiary alicyclic amines) is 1. The van der Waals surface area contributed by atoms with Gasteiger partial charge in [0, 0.05) is 51.4 Å². The van der Waals surface area contributed by atoms with Crippen molar-refractivity contribution in [3.63, 3.8) is 0 Å². The zero-order valence-electron chi connectivity index (χ0n) is 19.8. The fraction of sp³-hybridized carbons (Fsp3) is 0.462. The summed E-state index contributed by atoms with van der Waals surface area (Å²) in [4.78, 5) is 21.0. The van der Waals surface area contributed by atoms with E-state index in [-0.39, 0.29) is 5.91 Å². The van der Waals surface area contributed by atoms with Gasteiger partial charge in [-0.2, -0.15) is 0 Å². The highest BCUT2D eigenvalue weighted by molar-refractivity contribution is 5.93. The van der Waals surface area contributed by atoms with E-state index in [2.05, 4.69) is 59.7 Å². The number of guanidine groups is 1. The maximum atomic E-state index is 12.1. The summed E-state index contributed by atoms with van der Waals surface area (Å²) in [6.07, 6.45) is 2.20. The van der Waals surface area contributed by atoms with E-state index in [9.17, 15) is 4.79 Å². The van der Waals surface area contributed by atoms with Crippen LogP contribution in [0.15, 0.2) is 59.6 Å². The van der Waals surface area contributed by atoms with Gasteiger partial charge in [-0.15, -0.1) is 0 Å². The molecule has 0 saturated carbocycles. The lowest BCUT2D eigenvalue weighted by Gasteiger charge is -2.38. The average Bonchev–Trinajstić information content (AvgIpc) is 2.80. The van der Waals surface area contributed by atoms with Gasteiger partial charge in [0.25, 0.3) is 5.91 Å². The Morgan fingerprint density at radius 1 is 1.09 bits per heavy atom. The molecule has 0 aliphatic carbocycles. The summed E-state index contributed by atoms with van der Waals surface area (Å²) in [5, 5.41) is 7.01. The van der Waals surface area contributed by atoms with E-state index in [0.29, 0.717) is 24.2 Å². The second-order valence-corrected chi connectivity index (χ2v) is 8.76. The van der Waals surface area contributed by atoms with Crippen molar-refractivity contribution in [2.75, 3.05) is 27.2 Å². The standard InChI is InChI=1S/C26H37N5O/c1-5-27-26(28-18-21-11-13-23(14-12-21)25(32)30(3)4)29-24-15-16-31(20(2)17-24)19-22-9-7-6-8-10-22/h6-14,20,24H,5,15-19H2,1-4H3,(H2,27,28,29). The largest absolute Gasteiger partial charge is 0.357 e. The number of rotatable bonds is 7. The molecule has 3 rings (SSSR count). The third-order valence-electron chi connectivity index (χ3n) is 5.95. The number of hydrogen-bond acceptors (Lipinski definition) is 3. The van der Waals surface area contributed by atoms with Crippen LogP contribution < -0.4 is 10.6 Å². The van der Waals surface area contributed by atoms with Crippen molar-refractivity contribution in [2.24, 2.45) is 4.99 Å². The van der Waals surface area contributed by atoms with Crippen molar-refractivity contribution in [2.45, 2.75) is 51.9 Å². The molecule has 2 aromatic carbocycles. The molecule has 0 bridgehead atoms. The molecule has 2 atom stereocenters. The summed E-state index contributed by atoms with van der Waals surface area (Å²) in [7, 11) is 3.53. The molecule has 1 saturated heterocycles. The van der Waals surface area contributed by atoms with E-state index >= 15 is 0 Å². The average molecular weight is 436 g/mol. The predicted octanol–water partition coefficient (Wildman–Crippen LogP) is 3.50. The van der Waals surface area contributed by atoms with E-state index < -0.39 is 0 Å². The van der Waals surface area contributed by atoms with Gasteiger partial charge in [0.15, 0.2) is 5.96 Å². The van der Waals surface area contributed by atoms with Crippen molar-refractivity contribution in [3.05, 3.63) is 71.3 Å². The van der Waals surface area contributed by atoms with Gasteiger partial charge < -0.3 is 15.5 Å². The number of carbonyl (C=O) groups is 1. The number of amides is 1. The zero-order valence-corrected chi connectivity index (χ0v) is 19.8. The number of hydrogen-bond donors (Lipinski definition) is 2. The van der Waals surface area contributed by atoms with Gasteiger partial charge in [-0.1, -0.05) is 42.5 Å². The Morgan fingerprint density at radius 2 is 1.81 bits per heavy atom. The Hall–Kier alpha value is -2.86. The molecule has 0 aromatic heterocycles. The third kappa shape index (κ3) is 6.82. The maximum absolute atomic E-state index is 12.1. The molecule has 2 aromatic rings. The lowest BCUT2D eigenvalue weighted by atomic mass is 9.97. The summed E-state index contributed by atoms with van der Waals surface area (Å²) in [5.74, 6) is 0.873. The fourth-order valence-electron chi connectivity index (χ4n) is 4.10. The zero-order chi connectivity index (χ0) is 22.9. The van der Waals surface area contributed by atoms with Crippen LogP contribution >= 0.6 is 0 Å². The van der Waals surface area contributed by atoms with Crippen LogP contribution in [0.2, 0.25) is 0 Å². The second-order valence-electron chi connectivity index (χ2n) is 8.76. The molecule has 1 aliphatic heterocycles. The van der Waals surface area contributed by atoms with Crippen molar-refractivity contribution < 1.29 is 4.79 Å². The molecular formula is C26H37N5O. The van der Waals surface area contributed by atoms with Gasteiger partial charge in [-0.05, 0) is 49.9 Å². The molecule has 172 valence electrons. The monoisotopic (exact) mass is 435 g/mol. The first kappa shape index (κ1) is 23.8. The number of carbonyl (C=O) groups excluding carboxylic acids is 1. The summed E-state index contributed by atoms with van der Waals surface area (Å²) < 4.78 is 0. The molecule has 2 unspecified atom stereocenters. The fourth-order valence-corrected chi connectivity index (χ4v) is 4.10. The molecule has 1 fully saturated rings. The Bertz CT molecular complexity index is 879. The molecule has 32 heavy (non-hydrogen) atoms. The first-order valence-corrected chi connectivity index (χ1v) is 11.6. The molecule has 0 radical (unpaired) electrons. The quantitative estimate of drug-likeness (QED) is 0.516. The van der Waals surface area contributed by atoms with Crippen molar-refractivity contribution >= 4 is 11.9 Å². The highest BCUT2D eigenvalue weighted by Crippen LogP contribution is 2.20. The molecule has 2 N–H and O–H groups in total. The number of aliphatic imine (C=N–C) groups is 1. The van der Waals surface area contributed by atoms with Crippen molar-refractivity contribution in [1.82, 2.24) is 20.4 Å². The Labute approximate surface area is 192 Å². The highest BCUT2D eigenvalue weighted by atomic mass is 16.2. The first-order valence-electron chi connectivity index (χ1n) is 11.6. The Balaban J connectivity index is 1.54. The van der Waals surface area contributed by atoms with Crippen LogP contribution in [-0.2, 0) is 13.1 Å². The Kier molecular flexibility index (Phi) is 8.68. The van der Waals surface area contributed by atoms with E-state index in [1.165, 1.54) is 5.56 Å². The van der Waals surface area contributed by atoms with Crippen LogP contribution in [0.25, 0.3) is 0 Å². The molecule has 1 aliphatic rings. The van der Waals surface area contributed by atoms with Gasteiger partial charge in [0.05, 0.1) is 6.54 Å². The minimum atomic E-state index is 0.0165. The normalized spacial score (nSPS) is 19.4. The number of benzene rings is 2. The van der Waals surface area contributed by atoms with Gasteiger partial charge in [0.2, 0.25) is 0 Å². The van der Waals surface area contributed by atoms with Gasteiger partial charge in [-0.3, -0.25) is 9.69 Å². The van der Waals surface area contributed by atoms with Crippen LogP contribution in [0.3, 0.4) is 0 Å². The van der Waals surface area contributed by atoms with Crippen LogP contribution in [0.5, 0.6) is 0 Å². The van der Waals surface area contributed by atoms with E-state index in [0.717, 1.165) is 44.0 Å². The van der Waals surface area contributed by atoms with Crippen LogP contribution in [0, 0.1) is 0 Å².